The lowest BCUT2D eigenvalue weighted by Crippen LogP contribution is -2.56. The molecule has 1 aliphatic heterocycles. The maximum absolute atomic E-state index is 14.7. The summed E-state index contributed by atoms with van der Waals surface area (Å²) in [6.07, 6.45) is -0.0531. The molecular formula is C49H59N11O7. The summed E-state index contributed by atoms with van der Waals surface area (Å²) in [6, 6.07) is 18.1. The Morgan fingerprint density at radius 1 is 0.896 bits per heavy atom. The first kappa shape index (κ1) is 50.6. The first-order chi connectivity index (χ1) is 31.9. The molecule has 0 spiro atoms. The Hall–Kier alpha value is -7.38. The number of nitriles is 2. The fourth-order valence-corrected chi connectivity index (χ4v) is 7.63. The highest BCUT2D eigenvalue weighted by Gasteiger charge is 2.36. The standard InChI is InChI=1S/C49H59N11O7/c1-28-35(26-33(27-54)42(56-28)31-8-11-34(12-9-31)49(3,4)5)45(62)58-38(15-16-50)48(65)60(6)43-32-10-14-41(67-22-19-53)37(25-32)36-23-30(7-13-40(36)66-21-18-52)24-39(46(63)55-20-17-51)59-44(61)29(2)57-47(43)64/h7-14,23,25-26,29,38-39,43H,15-16,18-22,24,50,52-53H2,1-6H3,(H,55,63)(H,57,64)(H,58,62)(H,59,61)/t29-,38?,39-,43-/m0/s1. The van der Waals surface area contributed by atoms with E-state index in [-0.39, 0.29) is 68.8 Å². The zero-order valence-electron chi connectivity index (χ0n) is 38.7. The fraction of sp³-hybridized carbons (Fsp3) is 0.388. The van der Waals surface area contributed by atoms with E-state index in [2.05, 4.69) is 53.1 Å². The van der Waals surface area contributed by atoms with Gasteiger partial charge in [0.05, 0.1) is 28.6 Å². The van der Waals surface area contributed by atoms with Gasteiger partial charge in [-0.3, -0.25) is 29.0 Å². The fourth-order valence-electron chi connectivity index (χ4n) is 7.63. The molecule has 0 saturated heterocycles. The molecule has 10 N–H and O–H groups in total. The van der Waals surface area contributed by atoms with Crippen LogP contribution < -0.4 is 47.9 Å². The third kappa shape index (κ3) is 12.3. The number of aryl methyl sites for hydroxylation is 1. The molecule has 0 fully saturated rings. The number of rotatable bonds is 15. The molecule has 0 radical (unpaired) electrons. The summed E-state index contributed by atoms with van der Waals surface area (Å²) in [6.45, 7) is 9.62. The Labute approximate surface area is 390 Å². The predicted molar refractivity (Wildman–Crippen MR) is 251 cm³/mol. The molecule has 0 aliphatic carbocycles. The quantitative estimate of drug-likeness (QED) is 0.0845. The third-order valence-corrected chi connectivity index (χ3v) is 11.2. The van der Waals surface area contributed by atoms with Gasteiger partial charge in [-0.1, -0.05) is 57.2 Å². The molecule has 5 amide bonds. The van der Waals surface area contributed by atoms with Gasteiger partial charge in [0.2, 0.25) is 23.6 Å². The summed E-state index contributed by atoms with van der Waals surface area (Å²) < 4.78 is 12.2. The molecule has 4 bridgehead atoms. The summed E-state index contributed by atoms with van der Waals surface area (Å²) in [7, 11) is 1.39. The van der Waals surface area contributed by atoms with Gasteiger partial charge in [-0.15, -0.1) is 0 Å². The topological polar surface area (TPSA) is 294 Å². The number of hydrogen-bond acceptors (Lipinski definition) is 13. The monoisotopic (exact) mass is 913 g/mol. The molecule has 67 heavy (non-hydrogen) atoms. The van der Waals surface area contributed by atoms with Crippen LogP contribution in [0.2, 0.25) is 0 Å². The Bertz CT molecular complexity index is 2560. The highest BCUT2D eigenvalue weighted by Crippen LogP contribution is 2.40. The Balaban J connectivity index is 1.58. The maximum Gasteiger partial charge on any atom is 0.253 e. The lowest BCUT2D eigenvalue weighted by Gasteiger charge is -2.32. The van der Waals surface area contributed by atoms with Crippen LogP contribution in [0.4, 0.5) is 0 Å². The minimum atomic E-state index is -1.44. The van der Waals surface area contributed by atoms with Crippen LogP contribution in [0.1, 0.15) is 78.5 Å². The molecule has 1 unspecified atom stereocenters. The zero-order valence-corrected chi connectivity index (χ0v) is 38.7. The maximum atomic E-state index is 14.7. The number of aromatic nitrogens is 1. The van der Waals surface area contributed by atoms with Gasteiger partial charge < -0.3 is 52.8 Å². The van der Waals surface area contributed by atoms with Gasteiger partial charge in [-0.2, -0.15) is 10.5 Å². The number of pyridine rings is 1. The van der Waals surface area contributed by atoms with Crippen molar-refractivity contribution in [3.8, 4) is 46.0 Å². The van der Waals surface area contributed by atoms with E-state index >= 15 is 0 Å². The summed E-state index contributed by atoms with van der Waals surface area (Å²) in [4.78, 5) is 76.3. The van der Waals surface area contributed by atoms with Crippen molar-refractivity contribution in [2.45, 2.75) is 77.0 Å². The minimum Gasteiger partial charge on any atom is -0.492 e. The van der Waals surface area contributed by atoms with E-state index in [0.29, 0.717) is 50.7 Å². The molecule has 0 saturated carbocycles. The zero-order chi connectivity index (χ0) is 49.0. The molecule has 2 heterocycles. The van der Waals surface area contributed by atoms with E-state index in [0.717, 1.165) is 10.5 Å². The summed E-state index contributed by atoms with van der Waals surface area (Å²) in [5.41, 5.74) is 22.1. The van der Waals surface area contributed by atoms with Crippen LogP contribution in [0, 0.1) is 29.6 Å². The molecule has 1 aromatic heterocycles. The molecule has 1 aliphatic rings. The second kappa shape index (κ2) is 22.7. The Morgan fingerprint density at radius 2 is 1.54 bits per heavy atom. The van der Waals surface area contributed by atoms with Crippen LogP contribution in [0.5, 0.6) is 11.5 Å². The molecule has 4 atom stereocenters. The van der Waals surface area contributed by atoms with E-state index < -0.39 is 53.7 Å². The van der Waals surface area contributed by atoms with Gasteiger partial charge in [0.15, 0.2) is 0 Å². The average Bonchev–Trinajstić information content (AvgIpc) is 3.30. The highest BCUT2D eigenvalue weighted by atomic mass is 16.5. The molecule has 4 aromatic rings. The first-order valence-electron chi connectivity index (χ1n) is 21.9. The largest absolute Gasteiger partial charge is 0.492 e. The number of nitrogens with two attached hydrogens (primary N) is 3. The van der Waals surface area contributed by atoms with Crippen LogP contribution in [-0.4, -0.2) is 104 Å². The second-order valence-corrected chi connectivity index (χ2v) is 17.1. The molecule has 3 aromatic carbocycles. The van der Waals surface area contributed by atoms with Crippen molar-refractivity contribution in [1.82, 2.24) is 31.2 Å². The second-order valence-electron chi connectivity index (χ2n) is 17.1. The minimum absolute atomic E-state index is 0.0103. The number of likely N-dealkylation sites (N-methyl/N-ethyl adjacent to an activating group) is 1. The number of benzene rings is 3. The number of ether oxygens (including phenoxy) is 2. The van der Waals surface area contributed by atoms with Crippen molar-refractivity contribution in [3.05, 3.63) is 100 Å². The van der Waals surface area contributed by atoms with Crippen LogP contribution in [-0.2, 0) is 31.0 Å². The molecule has 352 valence electrons. The third-order valence-electron chi connectivity index (χ3n) is 11.2. The van der Waals surface area contributed by atoms with Crippen LogP contribution >= 0.6 is 0 Å². The van der Waals surface area contributed by atoms with E-state index in [4.69, 9.17) is 26.7 Å². The lowest BCUT2D eigenvalue weighted by molar-refractivity contribution is -0.141. The average molecular weight is 914 g/mol. The van der Waals surface area contributed by atoms with Crippen molar-refractivity contribution in [2.75, 3.05) is 46.4 Å². The molecule has 5 rings (SSSR count). The van der Waals surface area contributed by atoms with E-state index in [1.54, 1.807) is 43.3 Å². The van der Waals surface area contributed by atoms with Gasteiger partial charge in [0, 0.05) is 43.2 Å². The van der Waals surface area contributed by atoms with E-state index in [1.165, 1.54) is 20.0 Å². The van der Waals surface area contributed by atoms with Crippen molar-refractivity contribution in [1.29, 1.82) is 10.5 Å². The van der Waals surface area contributed by atoms with E-state index in [9.17, 15) is 34.5 Å². The molecule has 18 heteroatoms. The van der Waals surface area contributed by atoms with Gasteiger partial charge in [-0.05, 0) is 79.3 Å². The number of carbonyl (C=O) groups is 5. The number of nitrogens with one attached hydrogen (secondary N) is 4. The number of amides is 5. The summed E-state index contributed by atoms with van der Waals surface area (Å²) in [5, 5.41) is 30.0. The predicted octanol–water partition coefficient (Wildman–Crippen LogP) is 2.40. The van der Waals surface area contributed by atoms with Crippen molar-refractivity contribution < 1.29 is 33.4 Å². The number of fused-ring (bicyclic) bond motifs is 5. The summed E-state index contributed by atoms with van der Waals surface area (Å²) >= 11 is 0. The highest BCUT2D eigenvalue weighted by molar-refractivity contribution is 6.00. The molecular weight excluding hydrogens is 855 g/mol. The SMILES string of the molecule is Cc1nc(-c2ccc(C(C)(C)C)cc2)c(C#N)cc1C(=O)NC(CCN)C(=O)N(C)[C@@H]1C(=O)N[C@@H](C)C(=O)N[C@H](C(=O)NCC#N)Cc2ccc(OCCN)c(c2)-c2cc1ccc2OCCN. The molecule has 18 nitrogen and oxygen atoms in total. The van der Waals surface area contributed by atoms with Crippen LogP contribution in [0.25, 0.3) is 22.4 Å². The van der Waals surface area contributed by atoms with Crippen LogP contribution in [0.3, 0.4) is 0 Å². The van der Waals surface area contributed by atoms with E-state index in [1.807, 2.05) is 30.3 Å². The number of carbonyl (C=O) groups excluding carboxylic acids is 5. The normalized spacial score (nSPS) is 16.4. The summed E-state index contributed by atoms with van der Waals surface area (Å²) in [5.74, 6) is -2.79. The van der Waals surface area contributed by atoms with Crippen molar-refractivity contribution in [2.24, 2.45) is 17.2 Å². The van der Waals surface area contributed by atoms with Crippen molar-refractivity contribution in [3.63, 3.8) is 0 Å². The lowest BCUT2D eigenvalue weighted by atomic mass is 9.86. The smallest absolute Gasteiger partial charge is 0.253 e. The van der Waals surface area contributed by atoms with Gasteiger partial charge in [0.1, 0.15) is 61.5 Å². The van der Waals surface area contributed by atoms with Crippen molar-refractivity contribution >= 4 is 29.5 Å². The van der Waals surface area contributed by atoms with Crippen LogP contribution in [0.15, 0.2) is 66.7 Å². The number of nitrogens with zero attached hydrogens (tertiary/aromatic N) is 4. The first-order valence-corrected chi connectivity index (χ1v) is 21.9. The van der Waals surface area contributed by atoms with Gasteiger partial charge in [-0.25, -0.2) is 0 Å². The number of hydrogen-bond donors (Lipinski definition) is 7. The van der Waals surface area contributed by atoms with Gasteiger partial charge >= 0.3 is 0 Å². The Kier molecular flexibility index (Phi) is 17.1. The Morgan fingerprint density at radius 3 is 2.13 bits per heavy atom. The van der Waals surface area contributed by atoms with Gasteiger partial charge in [0.25, 0.3) is 5.91 Å².